The number of aliphatic hydroxyl groups excluding tert-OH is 6. The average Bonchev–Trinajstić information content (AvgIpc) is 2.66. The molecule has 11 nitrogen and oxygen atoms in total. The maximum Gasteiger partial charge on any atom is 0.187 e. The third-order valence-electron chi connectivity index (χ3n) is 5.15. The molecule has 12 heteroatoms. The largest absolute Gasteiger partial charge is 0.394 e. The summed E-state index contributed by atoms with van der Waals surface area (Å²) in [5.74, 6) is 0. The first-order valence-corrected chi connectivity index (χ1v) is 13.5. The molecule has 0 aromatic heterocycles. The van der Waals surface area contributed by atoms with Crippen LogP contribution < -0.4 is 5.73 Å². The van der Waals surface area contributed by atoms with E-state index in [1.807, 2.05) is 0 Å². The molecule has 0 aromatic carbocycles. The predicted molar refractivity (Wildman–Crippen MR) is 102 cm³/mol. The quantitative estimate of drug-likeness (QED) is 0.190. The molecule has 0 saturated carbocycles. The van der Waals surface area contributed by atoms with E-state index in [0.29, 0.717) is 6.61 Å². The molecule has 29 heavy (non-hydrogen) atoms. The summed E-state index contributed by atoms with van der Waals surface area (Å²) in [6.45, 7) is 6.13. The lowest BCUT2D eigenvalue weighted by Crippen LogP contribution is -2.65. The molecular formula is C17H35NO10Si. The van der Waals surface area contributed by atoms with Crippen molar-refractivity contribution in [3.8, 4) is 0 Å². The summed E-state index contributed by atoms with van der Waals surface area (Å²) < 4.78 is 22.0. The van der Waals surface area contributed by atoms with Gasteiger partial charge < -0.3 is 55.3 Å². The smallest absolute Gasteiger partial charge is 0.187 e. The summed E-state index contributed by atoms with van der Waals surface area (Å²) in [4.78, 5) is 0. The monoisotopic (exact) mass is 441 g/mol. The van der Waals surface area contributed by atoms with E-state index in [1.165, 1.54) is 0 Å². The fraction of sp³-hybridized carbons (Fsp3) is 1.00. The molecule has 10 atom stereocenters. The van der Waals surface area contributed by atoms with E-state index in [0.717, 1.165) is 6.04 Å². The third-order valence-corrected chi connectivity index (χ3v) is 6.85. The molecule has 2 rings (SSSR count). The Labute approximate surface area is 171 Å². The minimum Gasteiger partial charge on any atom is -0.394 e. The Balaban J connectivity index is 2.03. The summed E-state index contributed by atoms with van der Waals surface area (Å²) in [5, 5.41) is 60.5. The summed E-state index contributed by atoms with van der Waals surface area (Å²) in [6.07, 6.45) is -13.6. The second-order valence-corrected chi connectivity index (χ2v) is 14.4. The van der Waals surface area contributed by atoms with E-state index in [2.05, 4.69) is 19.6 Å². The highest BCUT2D eigenvalue weighted by Gasteiger charge is 2.50. The van der Waals surface area contributed by atoms with E-state index in [9.17, 15) is 30.6 Å². The molecule has 2 fully saturated rings. The zero-order chi connectivity index (χ0) is 21.9. The van der Waals surface area contributed by atoms with Crippen molar-refractivity contribution in [3.63, 3.8) is 0 Å². The first-order chi connectivity index (χ1) is 13.5. The van der Waals surface area contributed by atoms with Gasteiger partial charge in [0.15, 0.2) is 12.6 Å². The highest BCUT2D eigenvalue weighted by Crippen LogP contribution is 2.29. The van der Waals surface area contributed by atoms with Gasteiger partial charge in [0.2, 0.25) is 0 Å². The molecule has 0 amide bonds. The van der Waals surface area contributed by atoms with Gasteiger partial charge in [0, 0.05) is 21.2 Å². The maximum atomic E-state index is 10.5. The van der Waals surface area contributed by atoms with Gasteiger partial charge in [-0.15, -0.1) is 0 Å². The van der Waals surface area contributed by atoms with Crippen LogP contribution in [0.25, 0.3) is 0 Å². The maximum absolute atomic E-state index is 10.5. The van der Waals surface area contributed by atoms with Crippen molar-refractivity contribution in [2.24, 2.45) is 5.73 Å². The van der Waals surface area contributed by atoms with Crippen LogP contribution in [0.4, 0.5) is 0 Å². The van der Waals surface area contributed by atoms with Gasteiger partial charge >= 0.3 is 0 Å². The molecule has 0 bridgehead atoms. The van der Waals surface area contributed by atoms with Crippen LogP contribution in [0.2, 0.25) is 25.7 Å². The van der Waals surface area contributed by atoms with Crippen molar-refractivity contribution in [3.05, 3.63) is 0 Å². The molecule has 0 unspecified atom stereocenters. The number of rotatable bonds is 8. The zero-order valence-corrected chi connectivity index (χ0v) is 18.0. The van der Waals surface area contributed by atoms with Crippen LogP contribution in [-0.2, 0) is 18.9 Å². The van der Waals surface area contributed by atoms with Gasteiger partial charge in [-0.05, 0) is 6.04 Å². The molecule has 0 spiro atoms. The highest BCUT2D eigenvalue weighted by atomic mass is 28.3. The summed E-state index contributed by atoms with van der Waals surface area (Å²) in [6, 6.07) is 0.822. The highest BCUT2D eigenvalue weighted by molar-refractivity contribution is 6.76. The fourth-order valence-corrected chi connectivity index (χ4v) is 3.95. The second-order valence-electron chi connectivity index (χ2n) is 8.74. The Bertz CT molecular complexity index is 505. The molecule has 2 saturated heterocycles. The van der Waals surface area contributed by atoms with E-state index >= 15 is 0 Å². The lowest BCUT2D eigenvalue weighted by atomic mass is 9.97. The summed E-state index contributed by atoms with van der Waals surface area (Å²) in [7, 11) is -1.38. The topological polar surface area (TPSA) is 184 Å². The van der Waals surface area contributed by atoms with Gasteiger partial charge in [0.05, 0.1) is 6.61 Å². The average molecular weight is 442 g/mol. The standard InChI is InChI=1S/C17H35NO10Si/c1-29(2,3)5-4-25-16-14(24)12(22)15(9(7-19)27-16)28-17-13(23)11(21)10(20)8(6-18)26-17/h8-17,19-24H,4-7,18H2,1-3H3/t8-,9-,10+,11+,12-,13-,14-,15+,16-,17-/m1/s1. The first-order valence-electron chi connectivity index (χ1n) is 9.79. The van der Waals surface area contributed by atoms with Crippen LogP contribution in [0.1, 0.15) is 0 Å². The minimum atomic E-state index is -1.64. The normalized spacial score (nSPS) is 44.1. The van der Waals surface area contributed by atoms with Crippen LogP contribution in [0.3, 0.4) is 0 Å². The van der Waals surface area contributed by atoms with E-state index in [4.69, 9.17) is 24.7 Å². The van der Waals surface area contributed by atoms with Crippen molar-refractivity contribution in [1.29, 1.82) is 0 Å². The number of aliphatic hydroxyl groups is 6. The molecule has 2 heterocycles. The van der Waals surface area contributed by atoms with Gasteiger partial charge in [-0.25, -0.2) is 0 Å². The van der Waals surface area contributed by atoms with Gasteiger partial charge in [-0.1, -0.05) is 19.6 Å². The zero-order valence-electron chi connectivity index (χ0n) is 17.0. The lowest BCUT2D eigenvalue weighted by molar-refractivity contribution is -0.356. The van der Waals surface area contributed by atoms with Crippen LogP contribution in [0, 0.1) is 0 Å². The molecule has 2 aliphatic heterocycles. The SMILES string of the molecule is C[Si](C)(C)CCO[C@@H]1O[C@H](CO)[C@H](O[C@H]2O[C@H](CN)[C@H](O)[C@H](O)[C@H]2O)[C@H](O)[C@H]1O. The van der Waals surface area contributed by atoms with Crippen LogP contribution in [0.15, 0.2) is 0 Å². The van der Waals surface area contributed by atoms with Gasteiger partial charge in [0.25, 0.3) is 0 Å². The Morgan fingerprint density at radius 3 is 1.97 bits per heavy atom. The first kappa shape index (κ1) is 25.0. The molecule has 2 aliphatic rings. The summed E-state index contributed by atoms with van der Waals surface area (Å²) in [5.41, 5.74) is 5.49. The molecule has 172 valence electrons. The number of hydrogen-bond acceptors (Lipinski definition) is 11. The van der Waals surface area contributed by atoms with Crippen LogP contribution in [0.5, 0.6) is 0 Å². The number of hydrogen-bond donors (Lipinski definition) is 7. The minimum absolute atomic E-state index is 0.145. The lowest BCUT2D eigenvalue weighted by Gasteiger charge is -2.46. The van der Waals surface area contributed by atoms with E-state index in [1.54, 1.807) is 0 Å². The Morgan fingerprint density at radius 1 is 0.828 bits per heavy atom. The van der Waals surface area contributed by atoms with E-state index in [-0.39, 0.29) is 6.54 Å². The van der Waals surface area contributed by atoms with E-state index < -0.39 is 76.1 Å². The van der Waals surface area contributed by atoms with Crippen LogP contribution in [-0.4, -0.2) is 120 Å². The van der Waals surface area contributed by atoms with Gasteiger partial charge in [0.1, 0.15) is 48.8 Å². The fourth-order valence-electron chi connectivity index (χ4n) is 3.22. The van der Waals surface area contributed by atoms with Gasteiger partial charge in [-0.2, -0.15) is 0 Å². The molecule has 0 aromatic rings. The van der Waals surface area contributed by atoms with Crippen LogP contribution >= 0.6 is 0 Å². The summed E-state index contributed by atoms with van der Waals surface area (Å²) >= 11 is 0. The number of ether oxygens (including phenoxy) is 4. The molecular weight excluding hydrogens is 406 g/mol. The van der Waals surface area contributed by atoms with Crippen molar-refractivity contribution >= 4 is 8.07 Å². The van der Waals surface area contributed by atoms with Gasteiger partial charge in [-0.3, -0.25) is 0 Å². The van der Waals surface area contributed by atoms with Crippen molar-refractivity contribution in [2.45, 2.75) is 87.1 Å². The second kappa shape index (κ2) is 10.4. The Morgan fingerprint density at radius 2 is 1.41 bits per heavy atom. The van der Waals surface area contributed by atoms with Crippen molar-refractivity contribution in [2.75, 3.05) is 19.8 Å². The third kappa shape index (κ3) is 6.15. The van der Waals surface area contributed by atoms with Crippen molar-refractivity contribution in [1.82, 2.24) is 0 Å². The number of nitrogens with two attached hydrogens (primary N) is 1. The molecule has 0 radical (unpaired) electrons. The Kier molecular flexibility index (Phi) is 8.97. The van der Waals surface area contributed by atoms with Crippen molar-refractivity contribution < 1.29 is 49.6 Å². The molecule has 0 aliphatic carbocycles. The predicted octanol–water partition coefficient (Wildman–Crippen LogP) is -3.07. The Hall–Kier alpha value is -0.223. The molecule has 8 N–H and O–H groups in total.